The molecule has 0 spiro atoms. The van der Waals surface area contributed by atoms with Crippen LogP contribution in [-0.2, 0) is 9.59 Å². The van der Waals surface area contributed by atoms with Crippen molar-refractivity contribution in [3.63, 3.8) is 0 Å². The largest absolute Gasteiger partial charge is 0.342 e. The average Bonchev–Trinajstić information content (AvgIpc) is 2.54. The Morgan fingerprint density at radius 1 is 0.960 bits per heavy atom. The highest BCUT2D eigenvalue weighted by Crippen LogP contribution is 2.32. The predicted molar refractivity (Wildman–Crippen MR) is 105 cm³/mol. The fourth-order valence-corrected chi connectivity index (χ4v) is 3.03. The molecule has 0 saturated carbocycles. The fraction of sp³-hybridized carbons (Fsp3) is 0.619. The van der Waals surface area contributed by atoms with Gasteiger partial charge in [0, 0.05) is 18.8 Å². The van der Waals surface area contributed by atoms with Gasteiger partial charge in [0.05, 0.1) is 0 Å². The Bertz CT molecular complexity index is 547. The summed E-state index contributed by atoms with van der Waals surface area (Å²) in [5.74, 6) is 0.300. The summed E-state index contributed by atoms with van der Waals surface area (Å²) in [6.45, 7) is 14.0. The maximum atomic E-state index is 12.5. The Kier molecular flexibility index (Phi) is 8.67. The van der Waals surface area contributed by atoms with Gasteiger partial charge in [0.25, 0.3) is 0 Å². The first kappa shape index (κ1) is 21.2. The van der Waals surface area contributed by atoms with Crippen molar-refractivity contribution in [2.24, 2.45) is 0 Å². The minimum absolute atomic E-state index is 0.0886. The number of hydrogen-bond acceptors (Lipinski definition) is 2. The van der Waals surface area contributed by atoms with E-state index in [9.17, 15) is 9.59 Å². The van der Waals surface area contributed by atoms with Gasteiger partial charge in [-0.2, -0.15) is 0 Å². The lowest BCUT2D eigenvalue weighted by molar-refractivity contribution is -0.134. The van der Waals surface area contributed by atoms with Crippen LogP contribution in [0.3, 0.4) is 0 Å². The summed E-state index contributed by atoms with van der Waals surface area (Å²) in [7, 11) is 0. The van der Waals surface area contributed by atoms with Crippen LogP contribution in [0.15, 0.2) is 18.2 Å². The second-order valence-electron chi connectivity index (χ2n) is 7.23. The minimum Gasteiger partial charge on any atom is -0.342 e. The third kappa shape index (κ3) is 6.18. The molecule has 0 heterocycles. The Labute approximate surface area is 153 Å². The molecule has 140 valence electrons. The molecule has 0 saturated heterocycles. The van der Waals surface area contributed by atoms with Crippen LogP contribution in [0.4, 0.5) is 5.69 Å². The van der Waals surface area contributed by atoms with Gasteiger partial charge in [-0.25, -0.2) is 0 Å². The molecule has 0 radical (unpaired) electrons. The summed E-state index contributed by atoms with van der Waals surface area (Å²) in [6, 6.07) is 6.14. The number of rotatable bonds is 9. The molecular formula is C21H34N2O2. The van der Waals surface area contributed by atoms with Crippen molar-refractivity contribution < 1.29 is 9.59 Å². The molecule has 1 rings (SSSR count). The van der Waals surface area contributed by atoms with Crippen LogP contribution in [0.1, 0.15) is 83.8 Å². The van der Waals surface area contributed by atoms with E-state index in [4.69, 9.17) is 0 Å². The number of nitrogens with one attached hydrogen (secondary N) is 1. The fourth-order valence-electron chi connectivity index (χ4n) is 3.03. The summed E-state index contributed by atoms with van der Waals surface area (Å²) < 4.78 is 0. The summed E-state index contributed by atoms with van der Waals surface area (Å²) in [5.41, 5.74) is 3.11. The molecule has 1 aromatic rings. The van der Waals surface area contributed by atoms with Crippen LogP contribution in [0, 0.1) is 0 Å². The topological polar surface area (TPSA) is 49.4 Å². The van der Waals surface area contributed by atoms with Crippen molar-refractivity contribution in [3.05, 3.63) is 29.3 Å². The number of benzene rings is 1. The maximum absolute atomic E-state index is 12.5. The summed E-state index contributed by atoms with van der Waals surface area (Å²) in [6.07, 6.45) is 1.71. The molecule has 2 amide bonds. The number of para-hydroxylation sites is 1. The quantitative estimate of drug-likeness (QED) is 0.646. The van der Waals surface area contributed by atoms with Crippen LogP contribution in [-0.4, -0.2) is 29.8 Å². The Morgan fingerprint density at radius 2 is 1.44 bits per heavy atom. The lowest BCUT2D eigenvalue weighted by Crippen LogP contribution is -2.35. The van der Waals surface area contributed by atoms with E-state index in [-0.39, 0.29) is 18.2 Å². The van der Waals surface area contributed by atoms with Crippen molar-refractivity contribution in [3.8, 4) is 0 Å². The van der Waals surface area contributed by atoms with Gasteiger partial charge in [-0.1, -0.05) is 59.7 Å². The van der Waals surface area contributed by atoms with E-state index in [1.54, 1.807) is 4.90 Å². The zero-order valence-electron chi connectivity index (χ0n) is 16.7. The van der Waals surface area contributed by atoms with Crippen LogP contribution < -0.4 is 5.32 Å². The number of nitrogens with zero attached hydrogens (tertiary/aromatic N) is 1. The summed E-state index contributed by atoms with van der Waals surface area (Å²) in [4.78, 5) is 26.7. The zero-order valence-corrected chi connectivity index (χ0v) is 16.7. The molecule has 0 aromatic heterocycles. The Balaban J connectivity index is 2.94. The molecule has 0 atom stereocenters. The van der Waals surface area contributed by atoms with E-state index in [1.807, 2.05) is 19.9 Å². The van der Waals surface area contributed by atoms with E-state index in [2.05, 4.69) is 45.1 Å². The van der Waals surface area contributed by atoms with Crippen LogP contribution in [0.25, 0.3) is 0 Å². The van der Waals surface area contributed by atoms with Crippen LogP contribution in [0.5, 0.6) is 0 Å². The van der Waals surface area contributed by atoms with Crippen molar-refractivity contribution in [2.45, 2.75) is 72.6 Å². The molecular weight excluding hydrogens is 312 g/mol. The normalized spacial score (nSPS) is 11.0. The highest BCUT2D eigenvalue weighted by Gasteiger charge is 2.19. The van der Waals surface area contributed by atoms with Gasteiger partial charge < -0.3 is 10.2 Å². The van der Waals surface area contributed by atoms with Crippen molar-refractivity contribution in [1.82, 2.24) is 4.90 Å². The number of anilines is 1. The molecule has 25 heavy (non-hydrogen) atoms. The lowest BCUT2D eigenvalue weighted by Gasteiger charge is -2.23. The third-order valence-corrected chi connectivity index (χ3v) is 4.29. The maximum Gasteiger partial charge on any atom is 0.233 e. The molecule has 0 unspecified atom stereocenters. The SMILES string of the molecule is CCCN(CCC)C(=O)CC(=O)Nc1c(C(C)C)cccc1C(C)C. The van der Waals surface area contributed by atoms with Gasteiger partial charge in [-0.15, -0.1) is 0 Å². The monoisotopic (exact) mass is 346 g/mol. The molecule has 0 aliphatic rings. The first-order valence-corrected chi connectivity index (χ1v) is 9.52. The lowest BCUT2D eigenvalue weighted by atomic mass is 9.92. The molecule has 4 nitrogen and oxygen atoms in total. The van der Waals surface area contributed by atoms with Gasteiger partial charge >= 0.3 is 0 Å². The molecule has 4 heteroatoms. The van der Waals surface area contributed by atoms with Gasteiger partial charge in [0.1, 0.15) is 6.42 Å². The second kappa shape index (κ2) is 10.2. The summed E-state index contributed by atoms with van der Waals surface area (Å²) in [5, 5.41) is 3.03. The van der Waals surface area contributed by atoms with E-state index < -0.39 is 0 Å². The van der Waals surface area contributed by atoms with E-state index in [0.717, 1.165) is 29.7 Å². The highest BCUT2D eigenvalue weighted by molar-refractivity contribution is 6.04. The van der Waals surface area contributed by atoms with Gasteiger partial charge in [0.15, 0.2) is 0 Å². The standard InChI is InChI=1S/C21H34N2O2/c1-7-12-23(13-8-2)20(25)14-19(24)22-21-17(15(3)4)10-9-11-18(21)16(5)6/h9-11,15-16H,7-8,12-14H2,1-6H3,(H,22,24). The van der Waals surface area contributed by atoms with Crippen LogP contribution >= 0.6 is 0 Å². The van der Waals surface area contributed by atoms with Crippen molar-refractivity contribution >= 4 is 17.5 Å². The molecule has 1 N–H and O–H groups in total. The number of amides is 2. The Morgan fingerprint density at radius 3 is 1.84 bits per heavy atom. The second-order valence-corrected chi connectivity index (χ2v) is 7.23. The van der Waals surface area contributed by atoms with Crippen molar-refractivity contribution in [1.29, 1.82) is 0 Å². The molecule has 0 bridgehead atoms. The first-order chi connectivity index (χ1) is 11.8. The molecule has 0 fully saturated rings. The van der Waals surface area contributed by atoms with Crippen LogP contribution in [0.2, 0.25) is 0 Å². The number of carbonyl (C=O) groups excluding carboxylic acids is 2. The summed E-state index contributed by atoms with van der Waals surface area (Å²) >= 11 is 0. The molecule has 0 aliphatic carbocycles. The molecule has 1 aromatic carbocycles. The van der Waals surface area contributed by atoms with Gasteiger partial charge in [-0.05, 0) is 35.8 Å². The average molecular weight is 347 g/mol. The predicted octanol–water partition coefficient (Wildman–Crippen LogP) is 4.91. The van der Waals surface area contributed by atoms with Gasteiger partial charge in [-0.3, -0.25) is 9.59 Å². The smallest absolute Gasteiger partial charge is 0.233 e. The van der Waals surface area contributed by atoms with E-state index in [1.165, 1.54) is 0 Å². The number of carbonyl (C=O) groups is 2. The third-order valence-electron chi connectivity index (χ3n) is 4.29. The first-order valence-electron chi connectivity index (χ1n) is 9.52. The van der Waals surface area contributed by atoms with E-state index >= 15 is 0 Å². The highest BCUT2D eigenvalue weighted by atomic mass is 16.2. The Hall–Kier alpha value is -1.84. The van der Waals surface area contributed by atoms with E-state index in [0.29, 0.717) is 24.9 Å². The van der Waals surface area contributed by atoms with Crippen molar-refractivity contribution in [2.75, 3.05) is 18.4 Å². The zero-order chi connectivity index (χ0) is 19.0. The number of hydrogen-bond donors (Lipinski definition) is 1. The minimum atomic E-state index is -0.225. The van der Waals surface area contributed by atoms with Gasteiger partial charge in [0.2, 0.25) is 11.8 Å². The molecule has 0 aliphatic heterocycles.